The number of nitrogens with one attached hydrogen (secondary N) is 1. The minimum absolute atomic E-state index is 0.0913. The summed E-state index contributed by atoms with van der Waals surface area (Å²) in [5, 5.41) is 14.1. The Hall–Kier alpha value is -3.91. The monoisotopic (exact) mass is 437 g/mol. The summed E-state index contributed by atoms with van der Waals surface area (Å²) in [6.45, 7) is 0.167. The van der Waals surface area contributed by atoms with Crippen LogP contribution in [0.25, 0.3) is 0 Å². The van der Waals surface area contributed by atoms with Crippen molar-refractivity contribution in [1.29, 1.82) is 0 Å². The molecule has 0 atom stereocenters. The first-order valence-corrected chi connectivity index (χ1v) is 9.66. The van der Waals surface area contributed by atoms with Crippen LogP contribution < -0.4 is 15.0 Å². The fourth-order valence-electron chi connectivity index (χ4n) is 3.19. The van der Waals surface area contributed by atoms with Crippen LogP contribution in [-0.4, -0.2) is 23.3 Å². The Morgan fingerprint density at radius 1 is 1.13 bits per heavy atom. The fraction of sp³-hybridized carbons (Fsp3) is 0.0909. The molecular formula is C22H16ClN3O5. The zero-order chi connectivity index (χ0) is 22.0. The second-order valence-electron chi connectivity index (χ2n) is 6.80. The number of ether oxygens (including phenoxy) is 1. The van der Waals surface area contributed by atoms with Gasteiger partial charge in [0.1, 0.15) is 5.75 Å². The third kappa shape index (κ3) is 4.34. The molecule has 1 aliphatic rings. The molecule has 3 aromatic carbocycles. The molecule has 0 radical (unpaired) electrons. The van der Waals surface area contributed by atoms with E-state index in [0.29, 0.717) is 22.1 Å². The van der Waals surface area contributed by atoms with Gasteiger partial charge in [0.25, 0.3) is 17.5 Å². The van der Waals surface area contributed by atoms with Crippen LogP contribution in [0.5, 0.6) is 5.75 Å². The van der Waals surface area contributed by atoms with Crippen molar-refractivity contribution in [1.82, 2.24) is 0 Å². The maximum Gasteiger partial charge on any atom is 0.269 e. The second-order valence-corrected chi connectivity index (χ2v) is 7.21. The van der Waals surface area contributed by atoms with E-state index in [4.69, 9.17) is 16.3 Å². The van der Waals surface area contributed by atoms with Crippen molar-refractivity contribution in [3.8, 4) is 5.75 Å². The zero-order valence-electron chi connectivity index (χ0n) is 16.1. The molecule has 1 heterocycles. The third-order valence-electron chi connectivity index (χ3n) is 4.79. The molecular weight excluding hydrogens is 422 g/mol. The lowest BCUT2D eigenvalue weighted by Gasteiger charge is -2.30. The molecule has 0 spiro atoms. The van der Waals surface area contributed by atoms with E-state index in [-0.39, 0.29) is 30.3 Å². The van der Waals surface area contributed by atoms with Gasteiger partial charge in [0, 0.05) is 28.4 Å². The van der Waals surface area contributed by atoms with Crippen molar-refractivity contribution in [2.75, 3.05) is 16.8 Å². The molecule has 0 aliphatic carbocycles. The molecule has 1 aliphatic heterocycles. The first kappa shape index (κ1) is 20.4. The Morgan fingerprint density at radius 2 is 1.87 bits per heavy atom. The number of non-ortho nitro benzene ring substituents is 1. The molecule has 0 aromatic heterocycles. The van der Waals surface area contributed by atoms with Crippen LogP contribution in [0.4, 0.5) is 17.1 Å². The van der Waals surface area contributed by atoms with Gasteiger partial charge >= 0.3 is 0 Å². The first-order chi connectivity index (χ1) is 14.9. The van der Waals surface area contributed by atoms with Crippen molar-refractivity contribution in [2.45, 2.75) is 6.54 Å². The topological polar surface area (TPSA) is 102 Å². The highest BCUT2D eigenvalue weighted by Gasteiger charge is 2.26. The Balaban J connectivity index is 1.58. The number of anilines is 2. The van der Waals surface area contributed by atoms with Crippen LogP contribution in [-0.2, 0) is 11.3 Å². The number of rotatable bonds is 5. The van der Waals surface area contributed by atoms with Gasteiger partial charge in [-0.15, -0.1) is 0 Å². The lowest BCUT2D eigenvalue weighted by Crippen LogP contribution is -2.38. The Morgan fingerprint density at radius 3 is 2.58 bits per heavy atom. The summed E-state index contributed by atoms with van der Waals surface area (Å²) in [4.78, 5) is 36.9. The number of hydrogen-bond acceptors (Lipinski definition) is 5. The zero-order valence-corrected chi connectivity index (χ0v) is 16.8. The molecule has 0 saturated carbocycles. The number of benzene rings is 3. The standard InChI is InChI=1S/C22H16ClN3O5/c23-18-4-2-1-3-15(18)12-25-19-11-16(7-10-20(19)31-13-21(25)27)24-22(28)14-5-8-17(9-6-14)26(29)30/h1-11H,12-13H2,(H,24,28). The number of carbonyl (C=O) groups excluding carboxylic acids is 2. The molecule has 1 N–H and O–H groups in total. The molecule has 0 unspecified atom stereocenters. The lowest BCUT2D eigenvalue weighted by molar-refractivity contribution is -0.384. The maximum atomic E-state index is 12.5. The molecule has 0 bridgehead atoms. The van der Waals surface area contributed by atoms with E-state index in [1.165, 1.54) is 24.3 Å². The van der Waals surface area contributed by atoms with Gasteiger partial charge in [0.2, 0.25) is 0 Å². The summed E-state index contributed by atoms with van der Waals surface area (Å²) in [5.41, 5.74) is 1.91. The van der Waals surface area contributed by atoms with Gasteiger partial charge in [0.15, 0.2) is 6.61 Å². The molecule has 3 aromatic rings. The fourth-order valence-corrected chi connectivity index (χ4v) is 3.38. The molecule has 8 nitrogen and oxygen atoms in total. The largest absolute Gasteiger partial charge is 0.482 e. The first-order valence-electron chi connectivity index (χ1n) is 9.29. The molecule has 31 heavy (non-hydrogen) atoms. The average molecular weight is 438 g/mol. The number of hydrogen-bond donors (Lipinski definition) is 1. The lowest BCUT2D eigenvalue weighted by atomic mass is 10.1. The summed E-state index contributed by atoms with van der Waals surface area (Å²) in [6, 6.07) is 17.5. The number of nitrogens with zero attached hydrogens (tertiary/aromatic N) is 2. The molecule has 2 amide bonds. The minimum Gasteiger partial charge on any atom is -0.482 e. The normalized spacial score (nSPS) is 12.7. The van der Waals surface area contributed by atoms with Crippen molar-refractivity contribution >= 4 is 40.5 Å². The van der Waals surface area contributed by atoms with Gasteiger partial charge in [-0.2, -0.15) is 0 Å². The van der Waals surface area contributed by atoms with Crippen molar-refractivity contribution in [3.63, 3.8) is 0 Å². The molecule has 156 valence electrons. The maximum absolute atomic E-state index is 12.5. The van der Waals surface area contributed by atoms with E-state index in [9.17, 15) is 19.7 Å². The quantitative estimate of drug-likeness (QED) is 0.470. The third-order valence-corrected chi connectivity index (χ3v) is 5.16. The second kappa shape index (κ2) is 8.45. The van der Waals surface area contributed by atoms with E-state index in [1.807, 2.05) is 18.2 Å². The van der Waals surface area contributed by atoms with Crippen molar-refractivity contribution in [2.24, 2.45) is 0 Å². The number of halogens is 1. The molecule has 4 rings (SSSR count). The van der Waals surface area contributed by atoms with Gasteiger partial charge in [-0.3, -0.25) is 19.7 Å². The van der Waals surface area contributed by atoms with Crippen LogP contribution in [0.2, 0.25) is 5.02 Å². The highest BCUT2D eigenvalue weighted by Crippen LogP contribution is 2.36. The number of nitro groups is 1. The molecule has 0 fully saturated rings. The van der Waals surface area contributed by atoms with E-state index in [2.05, 4.69) is 5.32 Å². The SMILES string of the molecule is O=C(Nc1ccc2c(c1)N(Cc1ccccc1Cl)C(=O)CO2)c1ccc([N+](=O)[O-])cc1. The number of nitro benzene ring substituents is 1. The molecule has 0 saturated heterocycles. The van der Waals surface area contributed by atoms with Gasteiger partial charge in [0.05, 0.1) is 17.2 Å². The van der Waals surface area contributed by atoms with Crippen LogP contribution >= 0.6 is 11.6 Å². The van der Waals surface area contributed by atoms with E-state index in [1.54, 1.807) is 29.2 Å². The molecule has 9 heteroatoms. The van der Waals surface area contributed by atoms with Crippen LogP contribution in [0, 0.1) is 10.1 Å². The number of fused-ring (bicyclic) bond motifs is 1. The van der Waals surface area contributed by atoms with E-state index in [0.717, 1.165) is 5.56 Å². The van der Waals surface area contributed by atoms with Crippen LogP contribution in [0.15, 0.2) is 66.7 Å². The van der Waals surface area contributed by atoms with E-state index >= 15 is 0 Å². The van der Waals surface area contributed by atoms with Crippen LogP contribution in [0.3, 0.4) is 0 Å². The van der Waals surface area contributed by atoms with Gasteiger partial charge < -0.3 is 15.0 Å². The van der Waals surface area contributed by atoms with Crippen molar-refractivity contribution in [3.05, 3.63) is 93.0 Å². The Bertz CT molecular complexity index is 1180. The summed E-state index contributed by atoms with van der Waals surface area (Å²) < 4.78 is 5.51. The predicted molar refractivity (Wildman–Crippen MR) is 116 cm³/mol. The highest BCUT2D eigenvalue weighted by molar-refractivity contribution is 6.31. The number of amides is 2. The Labute approximate surface area is 182 Å². The highest BCUT2D eigenvalue weighted by atomic mass is 35.5. The summed E-state index contributed by atoms with van der Waals surface area (Å²) in [5.74, 6) is -0.151. The van der Waals surface area contributed by atoms with Gasteiger partial charge in [-0.1, -0.05) is 29.8 Å². The van der Waals surface area contributed by atoms with Crippen molar-refractivity contribution < 1.29 is 19.2 Å². The average Bonchev–Trinajstić information content (AvgIpc) is 2.77. The van der Waals surface area contributed by atoms with Gasteiger partial charge in [-0.25, -0.2) is 0 Å². The predicted octanol–water partition coefficient (Wildman–Crippen LogP) is 4.43. The Kier molecular flexibility index (Phi) is 5.55. The summed E-state index contributed by atoms with van der Waals surface area (Å²) in [6.07, 6.45) is 0. The van der Waals surface area contributed by atoms with E-state index < -0.39 is 10.8 Å². The minimum atomic E-state index is -0.532. The summed E-state index contributed by atoms with van der Waals surface area (Å²) >= 11 is 6.25. The number of carbonyl (C=O) groups is 2. The van der Waals surface area contributed by atoms with Crippen LogP contribution in [0.1, 0.15) is 15.9 Å². The smallest absolute Gasteiger partial charge is 0.269 e. The van der Waals surface area contributed by atoms with Gasteiger partial charge in [-0.05, 0) is 42.0 Å². The summed E-state index contributed by atoms with van der Waals surface area (Å²) in [7, 11) is 0.